The van der Waals surface area contributed by atoms with Gasteiger partial charge in [-0.25, -0.2) is 0 Å². The molecule has 0 unspecified atom stereocenters. The monoisotopic (exact) mass is 805 g/mol. The molecule has 0 N–H and O–H groups in total. The van der Waals surface area contributed by atoms with Crippen LogP contribution in [-0.2, 0) is 10.8 Å². The van der Waals surface area contributed by atoms with Crippen molar-refractivity contribution in [1.82, 2.24) is 0 Å². The molecule has 0 radical (unpaired) electrons. The van der Waals surface area contributed by atoms with Gasteiger partial charge in [-0.15, -0.1) is 0 Å². The van der Waals surface area contributed by atoms with Crippen LogP contribution < -0.4 is 4.90 Å². The van der Waals surface area contributed by atoms with Gasteiger partial charge in [0.05, 0.1) is 5.69 Å². The average Bonchev–Trinajstić information content (AvgIpc) is 3.70. The Morgan fingerprint density at radius 2 is 0.698 bits per heavy atom. The van der Waals surface area contributed by atoms with Crippen molar-refractivity contribution < 1.29 is 0 Å². The fourth-order valence-corrected chi connectivity index (χ4v) is 10.9. The van der Waals surface area contributed by atoms with E-state index in [-0.39, 0.29) is 10.8 Å². The summed E-state index contributed by atoms with van der Waals surface area (Å²) < 4.78 is 0. The van der Waals surface area contributed by atoms with Crippen LogP contribution in [0.25, 0.3) is 77.2 Å². The molecule has 0 heterocycles. The highest BCUT2D eigenvalue weighted by Crippen LogP contribution is 2.55. The van der Waals surface area contributed by atoms with Crippen LogP contribution in [0.15, 0.2) is 212 Å². The van der Waals surface area contributed by atoms with Crippen molar-refractivity contribution >= 4 is 38.6 Å². The Morgan fingerprint density at radius 3 is 1.25 bits per heavy atom. The molecular formula is C62H47N. The lowest BCUT2D eigenvalue weighted by Gasteiger charge is -2.33. The van der Waals surface area contributed by atoms with Crippen LogP contribution >= 0.6 is 0 Å². The van der Waals surface area contributed by atoms with Gasteiger partial charge in [0.15, 0.2) is 0 Å². The van der Waals surface area contributed by atoms with E-state index in [0.717, 1.165) is 17.1 Å². The van der Waals surface area contributed by atoms with Gasteiger partial charge in [0, 0.05) is 33.3 Å². The maximum Gasteiger partial charge on any atom is 0.0618 e. The van der Waals surface area contributed by atoms with Crippen LogP contribution in [-0.4, -0.2) is 0 Å². The lowest BCUT2D eigenvalue weighted by Crippen LogP contribution is -2.18. The van der Waals surface area contributed by atoms with Gasteiger partial charge in [-0.1, -0.05) is 191 Å². The van der Waals surface area contributed by atoms with Crippen LogP contribution in [0.4, 0.5) is 17.1 Å². The van der Waals surface area contributed by atoms with E-state index in [2.05, 4.69) is 245 Å². The Labute approximate surface area is 370 Å². The van der Waals surface area contributed by atoms with Crippen LogP contribution in [0.1, 0.15) is 49.9 Å². The van der Waals surface area contributed by atoms with Crippen LogP contribution in [0.5, 0.6) is 0 Å². The minimum Gasteiger partial charge on any atom is -0.309 e. The second-order valence-corrected chi connectivity index (χ2v) is 18.5. The lowest BCUT2D eigenvalue weighted by atomic mass is 9.82. The van der Waals surface area contributed by atoms with Gasteiger partial charge >= 0.3 is 0 Å². The smallest absolute Gasteiger partial charge is 0.0618 e. The third kappa shape index (κ3) is 5.84. The minimum atomic E-state index is -0.168. The Balaban J connectivity index is 1.19. The molecule has 10 aromatic rings. The van der Waals surface area contributed by atoms with Crippen molar-refractivity contribution in [2.24, 2.45) is 0 Å². The molecule has 63 heavy (non-hydrogen) atoms. The molecule has 2 aliphatic carbocycles. The molecule has 10 aromatic carbocycles. The summed E-state index contributed by atoms with van der Waals surface area (Å²) in [7, 11) is 0. The zero-order valence-corrected chi connectivity index (χ0v) is 36.2. The van der Waals surface area contributed by atoms with Crippen LogP contribution in [0.3, 0.4) is 0 Å². The molecule has 2 aliphatic rings. The van der Waals surface area contributed by atoms with E-state index in [1.807, 2.05) is 0 Å². The van der Waals surface area contributed by atoms with Crippen molar-refractivity contribution in [3.8, 4) is 55.6 Å². The molecule has 0 amide bonds. The van der Waals surface area contributed by atoms with E-state index in [4.69, 9.17) is 0 Å². The summed E-state index contributed by atoms with van der Waals surface area (Å²) in [6.45, 7) is 9.54. The molecule has 0 spiro atoms. The van der Waals surface area contributed by atoms with Gasteiger partial charge in [-0.3, -0.25) is 0 Å². The maximum absolute atomic E-state index is 2.58. The molecule has 300 valence electrons. The molecule has 0 aliphatic heterocycles. The zero-order chi connectivity index (χ0) is 42.5. The zero-order valence-electron chi connectivity index (χ0n) is 36.2. The molecule has 0 aromatic heterocycles. The minimum absolute atomic E-state index is 0.168. The van der Waals surface area contributed by atoms with E-state index in [9.17, 15) is 0 Å². The topological polar surface area (TPSA) is 3.24 Å². The quantitative estimate of drug-likeness (QED) is 0.162. The largest absolute Gasteiger partial charge is 0.309 e. The molecule has 1 heteroatoms. The third-order valence-electron chi connectivity index (χ3n) is 14.2. The molecule has 0 saturated carbocycles. The maximum atomic E-state index is 2.58. The fourth-order valence-electron chi connectivity index (χ4n) is 10.9. The van der Waals surface area contributed by atoms with Gasteiger partial charge in [-0.05, 0) is 137 Å². The normalized spacial score (nSPS) is 14.0. The lowest BCUT2D eigenvalue weighted by molar-refractivity contribution is 0.660. The summed E-state index contributed by atoms with van der Waals surface area (Å²) >= 11 is 0. The van der Waals surface area contributed by atoms with Crippen molar-refractivity contribution in [2.45, 2.75) is 38.5 Å². The average molecular weight is 806 g/mol. The summed E-state index contributed by atoms with van der Waals surface area (Å²) in [5.74, 6) is 0. The first-order valence-corrected chi connectivity index (χ1v) is 22.2. The van der Waals surface area contributed by atoms with Crippen LogP contribution in [0, 0.1) is 0 Å². The highest BCUT2D eigenvalue weighted by atomic mass is 15.1. The predicted octanol–water partition coefficient (Wildman–Crippen LogP) is 17.1. The SMILES string of the molecule is CC1(C)c2ccccc2-c2ccc(N(c3ccc4c(c3)C(C)(C)c3ccccc3-4)c3c(-c4ccccc4)cc(-c4ccc5ccccc5c4)cc3-c3ccc4ccccc4c3)cc21. The Morgan fingerprint density at radius 1 is 0.270 bits per heavy atom. The number of rotatable bonds is 6. The van der Waals surface area contributed by atoms with Crippen molar-refractivity contribution in [2.75, 3.05) is 4.90 Å². The summed E-state index contributed by atoms with van der Waals surface area (Å²) in [6, 6.07) is 79.5. The Hall–Kier alpha value is -7.48. The van der Waals surface area contributed by atoms with Crippen molar-refractivity contribution in [1.29, 1.82) is 0 Å². The number of benzene rings is 10. The molecule has 0 saturated heterocycles. The van der Waals surface area contributed by atoms with Gasteiger partial charge in [0.2, 0.25) is 0 Å². The predicted molar refractivity (Wildman–Crippen MR) is 268 cm³/mol. The molecule has 0 atom stereocenters. The molecule has 12 rings (SSSR count). The van der Waals surface area contributed by atoms with Gasteiger partial charge in [-0.2, -0.15) is 0 Å². The molecule has 1 nitrogen and oxygen atoms in total. The van der Waals surface area contributed by atoms with E-state index >= 15 is 0 Å². The number of fused-ring (bicyclic) bond motifs is 8. The van der Waals surface area contributed by atoms with Crippen molar-refractivity contribution in [3.05, 3.63) is 235 Å². The molecule has 0 fully saturated rings. The second kappa shape index (κ2) is 14.0. The van der Waals surface area contributed by atoms with Crippen molar-refractivity contribution in [3.63, 3.8) is 0 Å². The Kier molecular flexibility index (Phi) is 8.30. The fraction of sp³-hybridized carbons (Fsp3) is 0.0968. The Bertz CT molecular complexity index is 3350. The van der Waals surface area contributed by atoms with E-state index in [1.165, 1.54) is 99.4 Å². The van der Waals surface area contributed by atoms with Gasteiger partial charge in [0.1, 0.15) is 0 Å². The number of hydrogen-bond acceptors (Lipinski definition) is 1. The third-order valence-corrected chi connectivity index (χ3v) is 14.2. The number of hydrogen-bond donors (Lipinski definition) is 0. The standard InChI is InChI=1S/C62H47N/c1-61(2)56-24-14-12-22-50(56)52-32-30-48(38-58(52)61)63(49-31-33-53-51-23-13-15-25-57(51)62(3,4)59(53)39-49)60-54(42-18-6-5-7-19-42)36-47(45-28-26-40-16-8-10-20-43(40)34-45)37-55(60)46-29-27-41-17-9-11-21-44(41)35-46/h5-39H,1-4H3. The van der Waals surface area contributed by atoms with E-state index in [0.29, 0.717) is 0 Å². The molecular weight excluding hydrogens is 759 g/mol. The summed E-state index contributed by atoms with van der Waals surface area (Å²) in [5, 5.41) is 4.93. The van der Waals surface area contributed by atoms with E-state index in [1.54, 1.807) is 0 Å². The first kappa shape index (κ1) is 37.3. The first-order chi connectivity index (χ1) is 30.7. The molecule has 0 bridgehead atoms. The summed E-state index contributed by atoms with van der Waals surface area (Å²) in [5.41, 5.74) is 20.9. The highest BCUT2D eigenvalue weighted by molar-refractivity contribution is 6.03. The second-order valence-electron chi connectivity index (χ2n) is 18.5. The van der Waals surface area contributed by atoms with Gasteiger partial charge in [0.25, 0.3) is 0 Å². The van der Waals surface area contributed by atoms with Crippen LogP contribution in [0.2, 0.25) is 0 Å². The highest BCUT2D eigenvalue weighted by Gasteiger charge is 2.38. The summed E-state index contributed by atoms with van der Waals surface area (Å²) in [6.07, 6.45) is 0. The summed E-state index contributed by atoms with van der Waals surface area (Å²) in [4.78, 5) is 2.58. The van der Waals surface area contributed by atoms with Gasteiger partial charge < -0.3 is 4.90 Å². The number of nitrogens with zero attached hydrogens (tertiary/aromatic N) is 1. The van der Waals surface area contributed by atoms with E-state index < -0.39 is 0 Å². The number of anilines is 3. The first-order valence-electron chi connectivity index (χ1n) is 22.2.